The summed E-state index contributed by atoms with van der Waals surface area (Å²) in [4.78, 5) is 12.8. The second kappa shape index (κ2) is 10.4. The Morgan fingerprint density at radius 2 is 1.86 bits per heavy atom. The molecule has 0 amide bonds. The van der Waals surface area contributed by atoms with Gasteiger partial charge in [0.05, 0.1) is 16.3 Å². The Bertz CT molecular complexity index is 1380. The number of pyridine rings is 1. The van der Waals surface area contributed by atoms with E-state index in [0.29, 0.717) is 11.3 Å². The first-order valence-electron chi connectivity index (χ1n) is 10.7. The molecular weight excluding hydrogens is 497 g/mol. The molecule has 2 aromatic heterocycles. The first-order chi connectivity index (χ1) is 16.4. The number of alkyl halides is 3. The lowest BCUT2D eigenvalue weighted by atomic mass is 10.1. The molecule has 11 heteroatoms. The molecule has 0 radical (unpaired) electrons. The Morgan fingerprint density at radius 3 is 2.40 bits per heavy atom. The molecule has 0 saturated heterocycles. The summed E-state index contributed by atoms with van der Waals surface area (Å²) in [5.74, 6) is 0.890. The highest BCUT2D eigenvalue weighted by molar-refractivity contribution is 7.99. The number of rotatable bonds is 8. The van der Waals surface area contributed by atoms with Crippen molar-refractivity contribution in [3.8, 4) is 22.6 Å². The topological polar surface area (TPSA) is 77.2 Å². The third-order valence-corrected chi connectivity index (χ3v) is 8.07. The van der Waals surface area contributed by atoms with Crippen LogP contribution in [0.25, 0.3) is 28.7 Å². The molecule has 0 fully saturated rings. The average Bonchev–Trinajstić information content (AvgIpc) is 3.10. The third-order valence-electron chi connectivity index (χ3n) is 5.43. The maximum absolute atomic E-state index is 13.2. The van der Waals surface area contributed by atoms with Crippen molar-refractivity contribution in [2.45, 2.75) is 36.7 Å². The van der Waals surface area contributed by atoms with Gasteiger partial charge in [0.25, 0.3) is 0 Å². The maximum Gasteiger partial charge on any atom is 0.433 e. The summed E-state index contributed by atoms with van der Waals surface area (Å²) in [6, 6.07) is 9.24. The molecule has 6 nitrogen and oxygen atoms in total. The second-order valence-corrected chi connectivity index (χ2v) is 11.2. The fraction of sp³-hybridized carbons (Fsp3) is 0.292. The molecule has 0 bridgehead atoms. The van der Waals surface area contributed by atoms with Gasteiger partial charge in [-0.1, -0.05) is 26.0 Å². The molecule has 2 heterocycles. The molecule has 0 saturated carbocycles. The Kier molecular flexibility index (Phi) is 7.90. The zero-order chi connectivity index (χ0) is 26.0. The van der Waals surface area contributed by atoms with E-state index in [0.717, 1.165) is 22.3 Å². The summed E-state index contributed by atoms with van der Waals surface area (Å²) in [6.07, 6.45) is -2.38. The highest BCUT2D eigenvalue weighted by Gasteiger charge is 2.34. The SMILES string of the molecule is C=N/C(=C\c1nc(-c2ncc(-c3ccc(SCC)cc3)cc2S(=O)(=O)CC)n(C)c1C)C(F)(F)F. The Balaban J connectivity index is 2.18. The maximum atomic E-state index is 13.2. The Labute approximate surface area is 207 Å². The lowest BCUT2D eigenvalue weighted by Gasteiger charge is -2.12. The van der Waals surface area contributed by atoms with Crippen molar-refractivity contribution < 1.29 is 21.6 Å². The van der Waals surface area contributed by atoms with Crippen LogP contribution in [-0.4, -0.2) is 47.4 Å². The zero-order valence-electron chi connectivity index (χ0n) is 19.7. The number of halogens is 3. The zero-order valence-corrected chi connectivity index (χ0v) is 21.4. The molecule has 0 unspecified atom stereocenters. The van der Waals surface area contributed by atoms with Gasteiger partial charge in [-0.3, -0.25) is 9.98 Å². The van der Waals surface area contributed by atoms with Crippen molar-refractivity contribution in [3.63, 3.8) is 0 Å². The van der Waals surface area contributed by atoms with Crippen LogP contribution in [0.2, 0.25) is 0 Å². The van der Waals surface area contributed by atoms with Gasteiger partial charge in [0.1, 0.15) is 11.4 Å². The van der Waals surface area contributed by atoms with Crippen molar-refractivity contribution in [3.05, 3.63) is 53.6 Å². The van der Waals surface area contributed by atoms with Crippen molar-refractivity contribution in [2.75, 3.05) is 11.5 Å². The number of hydrogen-bond acceptors (Lipinski definition) is 6. The summed E-state index contributed by atoms with van der Waals surface area (Å²) in [6.45, 7) is 8.14. The van der Waals surface area contributed by atoms with Gasteiger partial charge in [0.15, 0.2) is 15.7 Å². The van der Waals surface area contributed by atoms with Gasteiger partial charge in [-0.05, 0) is 49.2 Å². The van der Waals surface area contributed by atoms with Crippen molar-refractivity contribution in [1.29, 1.82) is 0 Å². The van der Waals surface area contributed by atoms with E-state index in [9.17, 15) is 21.6 Å². The van der Waals surface area contributed by atoms with Crippen LogP contribution in [-0.2, 0) is 16.9 Å². The van der Waals surface area contributed by atoms with E-state index in [1.54, 1.807) is 25.7 Å². The van der Waals surface area contributed by atoms with Crippen LogP contribution < -0.4 is 0 Å². The standard InChI is InChI=1S/C24H25F3N4O2S2/c1-6-34-18-10-8-16(9-11-18)17-12-20(35(32,33)7-2)22(29-14-17)23-30-19(15(3)31(23)5)13-21(28-4)24(25,26)27/h8-14H,4,6-7H2,1-3,5H3/b21-13-. The number of imidazole rings is 1. The van der Waals surface area contributed by atoms with Crippen molar-refractivity contribution >= 4 is 34.4 Å². The minimum absolute atomic E-state index is 0.00281. The Morgan fingerprint density at radius 1 is 1.20 bits per heavy atom. The highest BCUT2D eigenvalue weighted by Crippen LogP contribution is 2.33. The number of hydrogen-bond donors (Lipinski definition) is 0. The second-order valence-electron chi connectivity index (χ2n) is 7.58. The number of allylic oxidation sites excluding steroid dienone is 1. The number of aromatic nitrogens is 3. The summed E-state index contributed by atoms with van der Waals surface area (Å²) in [5.41, 5.74) is 0.662. The molecule has 0 N–H and O–H groups in total. The number of aliphatic imine (C=N–C) groups is 1. The summed E-state index contributed by atoms with van der Waals surface area (Å²) >= 11 is 1.69. The van der Waals surface area contributed by atoms with E-state index in [4.69, 9.17) is 0 Å². The van der Waals surface area contributed by atoms with Gasteiger partial charge in [0.2, 0.25) is 0 Å². The predicted octanol–water partition coefficient (Wildman–Crippen LogP) is 5.97. The molecule has 3 rings (SSSR count). The summed E-state index contributed by atoms with van der Waals surface area (Å²) in [5, 5.41) is 0. The summed E-state index contributed by atoms with van der Waals surface area (Å²) in [7, 11) is -2.15. The molecule has 3 aromatic rings. The molecule has 0 spiro atoms. The monoisotopic (exact) mass is 522 g/mol. The van der Waals surface area contributed by atoms with Gasteiger partial charge in [-0.2, -0.15) is 13.2 Å². The van der Waals surface area contributed by atoms with Crippen molar-refractivity contribution in [2.24, 2.45) is 12.0 Å². The van der Waals surface area contributed by atoms with E-state index in [-0.39, 0.29) is 27.9 Å². The summed E-state index contributed by atoms with van der Waals surface area (Å²) < 4.78 is 67.1. The quantitative estimate of drug-likeness (QED) is 0.269. The van der Waals surface area contributed by atoms with Crippen LogP contribution in [0.15, 0.2) is 57.0 Å². The van der Waals surface area contributed by atoms with E-state index in [1.807, 2.05) is 24.3 Å². The van der Waals surface area contributed by atoms with Crippen LogP contribution in [0, 0.1) is 6.92 Å². The van der Waals surface area contributed by atoms with Gasteiger partial charge in [0, 0.05) is 29.4 Å². The molecule has 186 valence electrons. The van der Waals surface area contributed by atoms with Crippen LogP contribution in [0.1, 0.15) is 25.2 Å². The first-order valence-corrected chi connectivity index (χ1v) is 13.3. The fourth-order valence-corrected chi connectivity index (χ4v) is 5.09. The molecule has 0 aliphatic carbocycles. The molecule has 0 aliphatic rings. The average molecular weight is 523 g/mol. The molecule has 1 aromatic carbocycles. The van der Waals surface area contributed by atoms with E-state index in [2.05, 4.69) is 28.6 Å². The smallest absolute Gasteiger partial charge is 0.329 e. The number of thioether (sulfide) groups is 1. The lowest BCUT2D eigenvalue weighted by molar-refractivity contribution is -0.0912. The van der Waals surface area contributed by atoms with Gasteiger partial charge in [-0.25, -0.2) is 13.4 Å². The largest absolute Gasteiger partial charge is 0.433 e. The number of benzene rings is 1. The van der Waals surface area contributed by atoms with Gasteiger partial charge < -0.3 is 4.57 Å². The molecule has 35 heavy (non-hydrogen) atoms. The molecule has 0 atom stereocenters. The minimum Gasteiger partial charge on any atom is -0.329 e. The van der Waals surface area contributed by atoms with Crippen LogP contribution in [0.4, 0.5) is 13.2 Å². The third kappa shape index (κ3) is 5.67. The van der Waals surface area contributed by atoms with Crippen molar-refractivity contribution in [1.82, 2.24) is 14.5 Å². The lowest BCUT2D eigenvalue weighted by Crippen LogP contribution is -2.09. The number of nitrogens with zero attached hydrogens (tertiary/aromatic N) is 4. The minimum atomic E-state index is -4.70. The van der Waals surface area contributed by atoms with E-state index in [1.165, 1.54) is 23.8 Å². The van der Waals surface area contributed by atoms with Crippen LogP contribution in [0.3, 0.4) is 0 Å². The number of sulfone groups is 1. The van der Waals surface area contributed by atoms with Gasteiger partial charge >= 0.3 is 6.18 Å². The molecular formula is C24H25F3N4O2S2. The van der Waals surface area contributed by atoms with E-state index < -0.39 is 21.7 Å². The van der Waals surface area contributed by atoms with Crippen LogP contribution in [0.5, 0.6) is 0 Å². The van der Waals surface area contributed by atoms with Gasteiger partial charge in [-0.15, -0.1) is 11.8 Å². The van der Waals surface area contributed by atoms with E-state index >= 15 is 0 Å². The van der Waals surface area contributed by atoms with Crippen LogP contribution >= 0.6 is 11.8 Å². The normalized spacial score (nSPS) is 12.7. The first kappa shape index (κ1) is 26.7. The predicted molar refractivity (Wildman–Crippen MR) is 134 cm³/mol. The fourth-order valence-electron chi connectivity index (χ4n) is 3.37. The Hall–Kier alpha value is -2.92. The molecule has 0 aliphatic heterocycles. The highest BCUT2D eigenvalue weighted by atomic mass is 32.2.